The van der Waals surface area contributed by atoms with Crippen molar-refractivity contribution in [2.45, 2.75) is 33.3 Å². The topological polar surface area (TPSA) is 46.5 Å². The lowest BCUT2D eigenvalue weighted by atomic mass is 9.90. The summed E-state index contributed by atoms with van der Waals surface area (Å²) in [4.78, 5) is 10.9. The minimum Gasteiger partial charge on any atom is -0.481 e. The Bertz CT molecular complexity index is 357. The van der Waals surface area contributed by atoms with E-state index in [0.29, 0.717) is 13.0 Å². The summed E-state index contributed by atoms with van der Waals surface area (Å²) in [5, 5.41) is 8.97. The average Bonchev–Trinajstić information content (AvgIpc) is 2.29. The molecule has 0 heterocycles. The second kappa shape index (κ2) is 5.82. The highest BCUT2D eigenvalue weighted by Crippen LogP contribution is 2.23. The quantitative estimate of drug-likeness (QED) is 0.824. The summed E-state index contributed by atoms with van der Waals surface area (Å²) in [6, 6.07) is 9.91. The lowest BCUT2D eigenvalue weighted by molar-refractivity contribution is -0.148. The standard InChI is InChI=1S/C14H20O3/c1-11(12-7-5-4-6-8-12)17-10-9-14(2,3)13(15)16/h4-8,11H,9-10H2,1-3H3,(H,15,16). The number of ether oxygens (including phenoxy) is 1. The third kappa shape index (κ3) is 4.19. The van der Waals surface area contributed by atoms with Gasteiger partial charge in [0.05, 0.1) is 11.5 Å². The van der Waals surface area contributed by atoms with Gasteiger partial charge >= 0.3 is 5.97 Å². The zero-order chi connectivity index (χ0) is 12.9. The number of carboxylic acid groups (broad SMARTS) is 1. The zero-order valence-corrected chi connectivity index (χ0v) is 10.6. The molecule has 17 heavy (non-hydrogen) atoms. The Hall–Kier alpha value is -1.35. The fourth-order valence-corrected chi connectivity index (χ4v) is 1.42. The van der Waals surface area contributed by atoms with Gasteiger partial charge in [-0.05, 0) is 32.8 Å². The van der Waals surface area contributed by atoms with Gasteiger partial charge in [-0.15, -0.1) is 0 Å². The van der Waals surface area contributed by atoms with Crippen molar-refractivity contribution in [2.75, 3.05) is 6.61 Å². The first-order valence-electron chi connectivity index (χ1n) is 5.83. The van der Waals surface area contributed by atoms with Crippen LogP contribution in [0, 0.1) is 5.41 Å². The van der Waals surface area contributed by atoms with E-state index in [1.807, 2.05) is 37.3 Å². The summed E-state index contributed by atoms with van der Waals surface area (Å²) in [5.41, 5.74) is 0.386. The smallest absolute Gasteiger partial charge is 0.309 e. The van der Waals surface area contributed by atoms with Crippen molar-refractivity contribution < 1.29 is 14.6 Å². The van der Waals surface area contributed by atoms with Gasteiger partial charge in [0.15, 0.2) is 0 Å². The van der Waals surface area contributed by atoms with E-state index in [9.17, 15) is 4.79 Å². The maximum Gasteiger partial charge on any atom is 0.309 e. The molecule has 1 atom stereocenters. The fraction of sp³-hybridized carbons (Fsp3) is 0.500. The number of benzene rings is 1. The van der Waals surface area contributed by atoms with Crippen molar-refractivity contribution in [3.8, 4) is 0 Å². The van der Waals surface area contributed by atoms with Gasteiger partial charge in [-0.1, -0.05) is 30.3 Å². The molecule has 0 radical (unpaired) electrons. The summed E-state index contributed by atoms with van der Waals surface area (Å²) in [5.74, 6) is -0.784. The highest BCUT2D eigenvalue weighted by molar-refractivity contribution is 5.73. The van der Waals surface area contributed by atoms with Crippen LogP contribution in [0.15, 0.2) is 30.3 Å². The number of hydrogen-bond donors (Lipinski definition) is 1. The molecule has 1 unspecified atom stereocenters. The lowest BCUT2D eigenvalue weighted by Crippen LogP contribution is -2.25. The first kappa shape index (κ1) is 13.7. The molecule has 0 saturated carbocycles. The molecule has 0 aliphatic carbocycles. The van der Waals surface area contributed by atoms with Crippen LogP contribution >= 0.6 is 0 Å². The van der Waals surface area contributed by atoms with E-state index < -0.39 is 11.4 Å². The Morgan fingerprint density at radius 2 is 1.94 bits per heavy atom. The van der Waals surface area contributed by atoms with E-state index in [1.54, 1.807) is 13.8 Å². The van der Waals surface area contributed by atoms with E-state index in [1.165, 1.54) is 0 Å². The van der Waals surface area contributed by atoms with Crippen molar-refractivity contribution in [2.24, 2.45) is 5.41 Å². The third-order valence-electron chi connectivity index (χ3n) is 2.94. The summed E-state index contributed by atoms with van der Waals surface area (Å²) < 4.78 is 5.65. The number of aliphatic carboxylic acids is 1. The Morgan fingerprint density at radius 3 is 2.47 bits per heavy atom. The summed E-state index contributed by atoms with van der Waals surface area (Å²) >= 11 is 0. The van der Waals surface area contributed by atoms with Gasteiger partial charge in [-0.2, -0.15) is 0 Å². The van der Waals surface area contributed by atoms with Crippen LogP contribution < -0.4 is 0 Å². The van der Waals surface area contributed by atoms with Crippen molar-refractivity contribution >= 4 is 5.97 Å². The van der Waals surface area contributed by atoms with Crippen LogP contribution in [0.5, 0.6) is 0 Å². The molecule has 1 rings (SSSR count). The maximum absolute atomic E-state index is 10.9. The highest BCUT2D eigenvalue weighted by atomic mass is 16.5. The largest absolute Gasteiger partial charge is 0.481 e. The third-order valence-corrected chi connectivity index (χ3v) is 2.94. The van der Waals surface area contributed by atoms with Crippen molar-refractivity contribution in [3.63, 3.8) is 0 Å². The molecule has 94 valence electrons. The molecular weight excluding hydrogens is 216 g/mol. The predicted molar refractivity (Wildman–Crippen MR) is 66.8 cm³/mol. The summed E-state index contributed by atoms with van der Waals surface area (Å²) in [7, 11) is 0. The number of hydrogen-bond acceptors (Lipinski definition) is 2. The predicted octanol–water partition coefficient (Wildman–Crippen LogP) is 3.27. The van der Waals surface area contributed by atoms with Gasteiger partial charge in [-0.25, -0.2) is 0 Å². The van der Waals surface area contributed by atoms with Gasteiger partial charge in [-0.3, -0.25) is 4.79 Å². The van der Waals surface area contributed by atoms with Gasteiger partial charge in [0.1, 0.15) is 0 Å². The van der Waals surface area contributed by atoms with Crippen LogP contribution in [0.1, 0.15) is 38.9 Å². The molecule has 1 aromatic carbocycles. The summed E-state index contributed by atoms with van der Waals surface area (Å²) in [6.07, 6.45) is 0.514. The molecule has 0 spiro atoms. The van der Waals surface area contributed by atoms with Crippen LogP contribution in [-0.4, -0.2) is 17.7 Å². The monoisotopic (exact) mass is 236 g/mol. The van der Waals surface area contributed by atoms with Crippen LogP contribution in [0.25, 0.3) is 0 Å². The minimum absolute atomic E-state index is 0.000736. The fourth-order valence-electron chi connectivity index (χ4n) is 1.42. The molecule has 0 fully saturated rings. The molecule has 0 aromatic heterocycles. The average molecular weight is 236 g/mol. The van der Waals surface area contributed by atoms with E-state index >= 15 is 0 Å². The zero-order valence-electron chi connectivity index (χ0n) is 10.6. The van der Waals surface area contributed by atoms with E-state index in [-0.39, 0.29) is 6.10 Å². The molecule has 0 aliphatic rings. The molecule has 1 aromatic rings. The molecule has 0 saturated heterocycles. The Kier molecular flexibility index (Phi) is 4.70. The Morgan fingerprint density at radius 1 is 1.35 bits per heavy atom. The first-order valence-corrected chi connectivity index (χ1v) is 5.83. The first-order chi connectivity index (χ1) is 7.93. The van der Waals surface area contributed by atoms with E-state index in [0.717, 1.165) is 5.56 Å². The molecule has 0 bridgehead atoms. The van der Waals surface area contributed by atoms with Gasteiger partial charge in [0.2, 0.25) is 0 Å². The Labute approximate surface area is 102 Å². The van der Waals surface area contributed by atoms with Crippen LogP contribution in [-0.2, 0) is 9.53 Å². The minimum atomic E-state index is -0.784. The molecule has 3 heteroatoms. The van der Waals surface area contributed by atoms with Crippen LogP contribution in [0.2, 0.25) is 0 Å². The number of carbonyl (C=O) groups is 1. The van der Waals surface area contributed by atoms with Crippen molar-refractivity contribution in [1.82, 2.24) is 0 Å². The van der Waals surface area contributed by atoms with Crippen LogP contribution in [0.4, 0.5) is 0 Å². The van der Waals surface area contributed by atoms with Gasteiger partial charge < -0.3 is 9.84 Å². The lowest BCUT2D eigenvalue weighted by Gasteiger charge is -2.20. The number of carboxylic acids is 1. The van der Waals surface area contributed by atoms with Crippen molar-refractivity contribution in [3.05, 3.63) is 35.9 Å². The molecular formula is C14H20O3. The molecule has 3 nitrogen and oxygen atoms in total. The van der Waals surface area contributed by atoms with Crippen molar-refractivity contribution in [1.29, 1.82) is 0 Å². The molecule has 1 N–H and O–H groups in total. The van der Waals surface area contributed by atoms with Crippen LogP contribution in [0.3, 0.4) is 0 Å². The number of rotatable bonds is 6. The SMILES string of the molecule is CC(OCCC(C)(C)C(=O)O)c1ccccc1. The second-order valence-electron chi connectivity index (χ2n) is 4.86. The Balaban J connectivity index is 2.40. The molecule has 0 amide bonds. The van der Waals surface area contributed by atoms with Gasteiger partial charge in [0.25, 0.3) is 0 Å². The maximum atomic E-state index is 10.9. The molecule has 0 aliphatic heterocycles. The van der Waals surface area contributed by atoms with Gasteiger partial charge in [0, 0.05) is 6.61 Å². The van der Waals surface area contributed by atoms with E-state index in [2.05, 4.69) is 0 Å². The summed E-state index contributed by atoms with van der Waals surface area (Å²) in [6.45, 7) is 5.86. The highest BCUT2D eigenvalue weighted by Gasteiger charge is 2.26. The van der Waals surface area contributed by atoms with E-state index in [4.69, 9.17) is 9.84 Å². The normalized spacial score (nSPS) is 13.4. The second-order valence-corrected chi connectivity index (χ2v) is 4.86.